The van der Waals surface area contributed by atoms with Crippen molar-refractivity contribution < 1.29 is 9.53 Å². The first-order valence-corrected chi connectivity index (χ1v) is 6.30. The predicted molar refractivity (Wildman–Crippen MR) is 66.7 cm³/mol. The van der Waals surface area contributed by atoms with E-state index >= 15 is 0 Å². The molecule has 0 amide bonds. The van der Waals surface area contributed by atoms with Crippen LogP contribution in [-0.4, -0.2) is 18.3 Å². The fourth-order valence-corrected chi connectivity index (χ4v) is 2.23. The van der Waals surface area contributed by atoms with Gasteiger partial charge in [0.15, 0.2) is 0 Å². The third-order valence-corrected chi connectivity index (χ3v) is 3.22. The maximum absolute atomic E-state index is 11.2. The third kappa shape index (κ3) is 4.04. The SMILES string of the molecule is CCOC(=O)CSc1ccc(Cl)cc1CN. The highest BCUT2D eigenvalue weighted by molar-refractivity contribution is 8.00. The summed E-state index contributed by atoms with van der Waals surface area (Å²) in [5.74, 6) is 0.0769. The van der Waals surface area contributed by atoms with Gasteiger partial charge in [0.1, 0.15) is 0 Å². The number of carbonyl (C=O) groups excluding carboxylic acids is 1. The average molecular weight is 260 g/mol. The Balaban J connectivity index is 2.63. The van der Waals surface area contributed by atoms with Crippen molar-refractivity contribution in [3.05, 3.63) is 28.8 Å². The number of thioether (sulfide) groups is 1. The minimum absolute atomic E-state index is 0.217. The molecule has 1 aromatic rings. The van der Waals surface area contributed by atoms with Gasteiger partial charge in [0.25, 0.3) is 0 Å². The van der Waals surface area contributed by atoms with Gasteiger partial charge in [-0.05, 0) is 30.7 Å². The molecule has 0 aliphatic carbocycles. The summed E-state index contributed by atoms with van der Waals surface area (Å²) in [5.41, 5.74) is 6.54. The second-order valence-corrected chi connectivity index (χ2v) is 4.50. The largest absolute Gasteiger partial charge is 0.465 e. The van der Waals surface area contributed by atoms with Crippen molar-refractivity contribution in [3.8, 4) is 0 Å². The minimum Gasteiger partial charge on any atom is -0.465 e. The molecule has 16 heavy (non-hydrogen) atoms. The second kappa shape index (κ2) is 6.78. The van der Waals surface area contributed by atoms with Gasteiger partial charge in [0.2, 0.25) is 0 Å². The standard InChI is InChI=1S/C11H14ClNO2S/c1-2-15-11(14)7-16-10-4-3-9(12)5-8(10)6-13/h3-5H,2,6-7,13H2,1H3. The number of benzene rings is 1. The quantitative estimate of drug-likeness (QED) is 0.652. The monoisotopic (exact) mass is 259 g/mol. The Labute approximate surface area is 104 Å². The van der Waals surface area contributed by atoms with Gasteiger partial charge < -0.3 is 10.5 Å². The van der Waals surface area contributed by atoms with Crippen molar-refractivity contribution in [2.75, 3.05) is 12.4 Å². The lowest BCUT2D eigenvalue weighted by molar-refractivity contribution is -0.139. The number of nitrogens with two attached hydrogens (primary N) is 1. The number of hydrogen-bond donors (Lipinski definition) is 1. The fourth-order valence-electron chi connectivity index (χ4n) is 1.19. The summed E-state index contributed by atoms with van der Waals surface area (Å²) in [6, 6.07) is 5.47. The molecule has 0 radical (unpaired) electrons. The number of ether oxygens (including phenoxy) is 1. The normalized spacial score (nSPS) is 10.2. The van der Waals surface area contributed by atoms with Crippen molar-refractivity contribution in [1.29, 1.82) is 0 Å². The van der Waals surface area contributed by atoms with Crippen LogP contribution in [0.5, 0.6) is 0 Å². The first-order chi connectivity index (χ1) is 7.67. The Morgan fingerprint density at radius 3 is 2.94 bits per heavy atom. The Kier molecular flexibility index (Phi) is 5.66. The first-order valence-electron chi connectivity index (χ1n) is 4.94. The number of rotatable bonds is 5. The topological polar surface area (TPSA) is 52.3 Å². The van der Waals surface area contributed by atoms with Gasteiger partial charge in [0, 0.05) is 16.5 Å². The van der Waals surface area contributed by atoms with Gasteiger partial charge in [-0.2, -0.15) is 0 Å². The third-order valence-electron chi connectivity index (χ3n) is 1.89. The van der Waals surface area contributed by atoms with E-state index in [1.165, 1.54) is 11.8 Å². The molecule has 0 unspecified atom stereocenters. The van der Waals surface area contributed by atoms with E-state index in [9.17, 15) is 4.79 Å². The van der Waals surface area contributed by atoms with Crippen LogP contribution in [0.4, 0.5) is 0 Å². The molecule has 88 valence electrons. The maximum atomic E-state index is 11.2. The van der Waals surface area contributed by atoms with E-state index in [0.29, 0.717) is 23.9 Å². The molecule has 0 aliphatic rings. The van der Waals surface area contributed by atoms with E-state index < -0.39 is 0 Å². The summed E-state index contributed by atoms with van der Waals surface area (Å²) < 4.78 is 4.84. The number of esters is 1. The van der Waals surface area contributed by atoms with Gasteiger partial charge in [0.05, 0.1) is 12.4 Å². The van der Waals surface area contributed by atoms with Crippen LogP contribution in [0.1, 0.15) is 12.5 Å². The highest BCUT2D eigenvalue weighted by Crippen LogP contribution is 2.25. The van der Waals surface area contributed by atoms with Crippen molar-refractivity contribution in [1.82, 2.24) is 0 Å². The van der Waals surface area contributed by atoms with Crippen LogP contribution >= 0.6 is 23.4 Å². The Morgan fingerprint density at radius 1 is 1.56 bits per heavy atom. The van der Waals surface area contributed by atoms with E-state index in [4.69, 9.17) is 22.1 Å². The molecule has 0 saturated heterocycles. The lowest BCUT2D eigenvalue weighted by atomic mass is 10.2. The Morgan fingerprint density at radius 2 is 2.31 bits per heavy atom. The van der Waals surface area contributed by atoms with Crippen LogP contribution in [-0.2, 0) is 16.1 Å². The van der Waals surface area contributed by atoms with E-state index in [2.05, 4.69) is 0 Å². The van der Waals surface area contributed by atoms with E-state index in [-0.39, 0.29) is 5.97 Å². The molecule has 3 nitrogen and oxygen atoms in total. The van der Waals surface area contributed by atoms with Crippen LogP contribution < -0.4 is 5.73 Å². The molecule has 1 aromatic carbocycles. The van der Waals surface area contributed by atoms with Gasteiger partial charge in [-0.1, -0.05) is 11.6 Å². The van der Waals surface area contributed by atoms with Crippen LogP contribution in [0.25, 0.3) is 0 Å². The van der Waals surface area contributed by atoms with Crippen molar-refractivity contribution in [2.45, 2.75) is 18.4 Å². The highest BCUT2D eigenvalue weighted by atomic mass is 35.5. The van der Waals surface area contributed by atoms with Crippen LogP contribution in [0.3, 0.4) is 0 Å². The predicted octanol–water partition coefficient (Wildman–Crippen LogP) is 2.45. The Hall–Kier alpha value is -0.710. The fraction of sp³-hybridized carbons (Fsp3) is 0.364. The van der Waals surface area contributed by atoms with E-state index in [1.807, 2.05) is 12.1 Å². The molecule has 1 rings (SSSR count). The zero-order chi connectivity index (χ0) is 12.0. The van der Waals surface area contributed by atoms with Crippen molar-refractivity contribution in [2.24, 2.45) is 5.73 Å². The van der Waals surface area contributed by atoms with E-state index in [1.54, 1.807) is 13.0 Å². The zero-order valence-corrected chi connectivity index (χ0v) is 10.6. The number of hydrogen-bond acceptors (Lipinski definition) is 4. The molecule has 5 heteroatoms. The molecule has 2 N–H and O–H groups in total. The minimum atomic E-state index is -0.217. The summed E-state index contributed by atoms with van der Waals surface area (Å²) in [7, 11) is 0. The van der Waals surface area contributed by atoms with Gasteiger partial charge in [-0.3, -0.25) is 4.79 Å². The van der Waals surface area contributed by atoms with Crippen LogP contribution in [0.15, 0.2) is 23.1 Å². The smallest absolute Gasteiger partial charge is 0.316 e. The molecule has 0 heterocycles. The van der Waals surface area contributed by atoms with Crippen molar-refractivity contribution >= 4 is 29.3 Å². The molecule has 0 fully saturated rings. The zero-order valence-electron chi connectivity index (χ0n) is 9.03. The van der Waals surface area contributed by atoms with Crippen LogP contribution in [0, 0.1) is 0 Å². The highest BCUT2D eigenvalue weighted by Gasteiger charge is 2.07. The molecule has 0 bridgehead atoms. The lowest BCUT2D eigenvalue weighted by Crippen LogP contribution is -2.07. The summed E-state index contributed by atoms with van der Waals surface area (Å²) in [4.78, 5) is 12.2. The van der Waals surface area contributed by atoms with Crippen LogP contribution in [0.2, 0.25) is 5.02 Å². The molecule has 0 aliphatic heterocycles. The molecule has 0 spiro atoms. The molecule has 0 saturated carbocycles. The average Bonchev–Trinajstić information content (AvgIpc) is 2.27. The molecule has 0 atom stereocenters. The first kappa shape index (κ1) is 13.4. The number of halogens is 1. The summed E-state index contributed by atoms with van der Waals surface area (Å²) in [6.07, 6.45) is 0. The van der Waals surface area contributed by atoms with Crippen molar-refractivity contribution in [3.63, 3.8) is 0 Å². The second-order valence-electron chi connectivity index (χ2n) is 3.05. The summed E-state index contributed by atoms with van der Waals surface area (Å²) >= 11 is 7.27. The molecular formula is C11H14ClNO2S. The molecule has 0 aromatic heterocycles. The number of carbonyl (C=O) groups is 1. The Bertz CT molecular complexity index is 371. The summed E-state index contributed by atoms with van der Waals surface area (Å²) in [6.45, 7) is 2.60. The van der Waals surface area contributed by atoms with Gasteiger partial charge in [-0.25, -0.2) is 0 Å². The summed E-state index contributed by atoms with van der Waals surface area (Å²) in [5, 5.41) is 0.654. The molecular weight excluding hydrogens is 246 g/mol. The van der Waals surface area contributed by atoms with Gasteiger partial charge >= 0.3 is 5.97 Å². The lowest BCUT2D eigenvalue weighted by Gasteiger charge is -2.07. The maximum Gasteiger partial charge on any atom is 0.316 e. The van der Waals surface area contributed by atoms with E-state index in [0.717, 1.165) is 10.5 Å². The van der Waals surface area contributed by atoms with Gasteiger partial charge in [-0.15, -0.1) is 11.8 Å².